The van der Waals surface area contributed by atoms with E-state index in [0.717, 1.165) is 29.0 Å². The summed E-state index contributed by atoms with van der Waals surface area (Å²) in [5, 5.41) is 3.01. The average Bonchev–Trinajstić information content (AvgIpc) is 3.20. The zero-order chi connectivity index (χ0) is 18.7. The number of fused-ring (bicyclic) bond motifs is 1. The van der Waals surface area contributed by atoms with Crippen LogP contribution in [0.2, 0.25) is 0 Å². The largest absolute Gasteiger partial charge is 0.343 e. The van der Waals surface area contributed by atoms with Crippen molar-refractivity contribution in [1.82, 2.24) is 9.55 Å². The standard InChI is InChI=1S/C22H31N3O/c1-14-8-18-17(23-20(14)24-19(26)12-21(3,4)5)9-15(2)25(18)13-16-10-22(11-16)6-7-22/h8-9,16H,6-7,10-13H2,1-5H3,(H,23,24,26). The molecular weight excluding hydrogens is 322 g/mol. The first-order chi connectivity index (χ1) is 12.1. The first-order valence-electron chi connectivity index (χ1n) is 9.92. The van der Waals surface area contributed by atoms with Crippen LogP contribution in [0.1, 0.15) is 64.1 Å². The lowest BCUT2D eigenvalue weighted by Gasteiger charge is -2.36. The van der Waals surface area contributed by atoms with E-state index in [1.165, 1.54) is 36.9 Å². The second-order valence-electron chi connectivity index (χ2n) is 10.0. The molecule has 4 rings (SSSR count). The third-order valence-electron chi connectivity index (χ3n) is 6.07. The van der Waals surface area contributed by atoms with E-state index >= 15 is 0 Å². The normalized spacial score (nSPS) is 19.0. The monoisotopic (exact) mass is 353 g/mol. The zero-order valence-corrected chi connectivity index (χ0v) is 16.8. The summed E-state index contributed by atoms with van der Waals surface area (Å²) in [5.74, 6) is 1.55. The molecule has 2 aliphatic rings. The van der Waals surface area contributed by atoms with Crippen molar-refractivity contribution in [3.05, 3.63) is 23.4 Å². The van der Waals surface area contributed by atoms with Crippen molar-refractivity contribution in [2.24, 2.45) is 16.7 Å². The van der Waals surface area contributed by atoms with Crippen molar-refractivity contribution in [3.63, 3.8) is 0 Å². The molecule has 2 aromatic rings. The number of hydrogen-bond donors (Lipinski definition) is 1. The minimum Gasteiger partial charge on any atom is -0.343 e. The Morgan fingerprint density at radius 1 is 1.27 bits per heavy atom. The molecule has 1 amide bonds. The Balaban J connectivity index is 1.54. The zero-order valence-electron chi connectivity index (χ0n) is 16.8. The van der Waals surface area contributed by atoms with E-state index < -0.39 is 0 Å². The average molecular weight is 354 g/mol. The molecule has 4 nitrogen and oxygen atoms in total. The highest BCUT2D eigenvalue weighted by molar-refractivity contribution is 5.92. The molecule has 1 N–H and O–H groups in total. The molecule has 2 fully saturated rings. The number of aromatic nitrogens is 2. The Hall–Kier alpha value is -1.84. The van der Waals surface area contributed by atoms with Crippen LogP contribution >= 0.6 is 0 Å². The predicted molar refractivity (Wildman–Crippen MR) is 106 cm³/mol. The van der Waals surface area contributed by atoms with Crippen LogP contribution in [0.15, 0.2) is 12.1 Å². The fourth-order valence-corrected chi connectivity index (χ4v) is 4.57. The van der Waals surface area contributed by atoms with Crippen LogP contribution < -0.4 is 5.32 Å². The number of pyridine rings is 1. The van der Waals surface area contributed by atoms with E-state index in [4.69, 9.17) is 4.98 Å². The Morgan fingerprint density at radius 3 is 2.58 bits per heavy atom. The van der Waals surface area contributed by atoms with Gasteiger partial charge in [-0.3, -0.25) is 4.79 Å². The highest BCUT2D eigenvalue weighted by Gasteiger charge is 2.52. The van der Waals surface area contributed by atoms with E-state index in [1.807, 2.05) is 6.92 Å². The number of amides is 1. The molecule has 0 unspecified atom stereocenters. The molecule has 0 bridgehead atoms. The molecule has 0 atom stereocenters. The minimum absolute atomic E-state index is 0.0241. The molecule has 1 spiro atoms. The number of hydrogen-bond acceptors (Lipinski definition) is 2. The summed E-state index contributed by atoms with van der Waals surface area (Å²) in [6.45, 7) is 11.5. The van der Waals surface area contributed by atoms with Crippen LogP contribution in [0, 0.1) is 30.6 Å². The summed E-state index contributed by atoms with van der Waals surface area (Å²) in [7, 11) is 0. The molecular formula is C22H31N3O. The maximum atomic E-state index is 12.3. The number of carbonyl (C=O) groups is 1. The number of nitrogens with zero attached hydrogens (tertiary/aromatic N) is 2. The van der Waals surface area contributed by atoms with Gasteiger partial charge in [-0.2, -0.15) is 0 Å². The molecule has 0 aliphatic heterocycles. The summed E-state index contributed by atoms with van der Waals surface area (Å²) in [5.41, 5.74) is 5.21. The maximum Gasteiger partial charge on any atom is 0.226 e. The number of anilines is 1. The molecule has 0 aromatic carbocycles. The lowest BCUT2D eigenvalue weighted by molar-refractivity contribution is -0.117. The number of rotatable bonds is 4. The highest BCUT2D eigenvalue weighted by atomic mass is 16.1. The van der Waals surface area contributed by atoms with Gasteiger partial charge in [0.15, 0.2) is 0 Å². The van der Waals surface area contributed by atoms with Crippen molar-refractivity contribution >= 4 is 22.8 Å². The van der Waals surface area contributed by atoms with Gasteiger partial charge in [-0.15, -0.1) is 0 Å². The van der Waals surface area contributed by atoms with E-state index in [1.54, 1.807) is 0 Å². The van der Waals surface area contributed by atoms with Gasteiger partial charge in [-0.1, -0.05) is 20.8 Å². The molecule has 0 radical (unpaired) electrons. The van der Waals surface area contributed by atoms with Crippen LogP contribution in [0.3, 0.4) is 0 Å². The van der Waals surface area contributed by atoms with E-state index in [-0.39, 0.29) is 11.3 Å². The summed E-state index contributed by atoms with van der Waals surface area (Å²) >= 11 is 0. The first kappa shape index (κ1) is 17.6. The van der Waals surface area contributed by atoms with Crippen LogP contribution in [0.5, 0.6) is 0 Å². The van der Waals surface area contributed by atoms with Gasteiger partial charge in [0.1, 0.15) is 5.82 Å². The van der Waals surface area contributed by atoms with E-state index in [2.05, 4.69) is 49.7 Å². The van der Waals surface area contributed by atoms with Gasteiger partial charge in [-0.05, 0) is 74.0 Å². The summed E-state index contributed by atoms with van der Waals surface area (Å²) < 4.78 is 2.43. The molecule has 4 heteroatoms. The predicted octanol–water partition coefficient (Wildman–Crippen LogP) is 5.22. The van der Waals surface area contributed by atoms with E-state index in [9.17, 15) is 4.79 Å². The van der Waals surface area contributed by atoms with E-state index in [0.29, 0.717) is 12.2 Å². The van der Waals surface area contributed by atoms with Crippen molar-refractivity contribution in [1.29, 1.82) is 0 Å². The summed E-state index contributed by atoms with van der Waals surface area (Å²) in [6, 6.07) is 4.34. The van der Waals surface area contributed by atoms with Gasteiger partial charge in [0.2, 0.25) is 5.91 Å². The number of carbonyl (C=O) groups excluding carboxylic acids is 1. The SMILES string of the molecule is Cc1cc2c(cc(C)n2CC2CC3(CC3)C2)nc1NC(=O)CC(C)(C)C. The Labute approximate surface area is 156 Å². The minimum atomic E-state index is -0.0241. The van der Waals surface area contributed by atoms with Crippen LogP contribution in [0.25, 0.3) is 11.0 Å². The van der Waals surface area contributed by atoms with Crippen molar-refractivity contribution in [2.75, 3.05) is 5.32 Å². The van der Waals surface area contributed by atoms with Gasteiger partial charge in [0.25, 0.3) is 0 Å². The van der Waals surface area contributed by atoms with Gasteiger partial charge in [-0.25, -0.2) is 4.98 Å². The Kier molecular flexibility index (Phi) is 3.94. The van der Waals surface area contributed by atoms with Gasteiger partial charge in [0, 0.05) is 18.7 Å². The van der Waals surface area contributed by atoms with Crippen LogP contribution in [-0.2, 0) is 11.3 Å². The molecule has 2 aliphatic carbocycles. The second kappa shape index (κ2) is 5.83. The first-order valence-corrected chi connectivity index (χ1v) is 9.92. The number of nitrogens with one attached hydrogen (secondary N) is 1. The topological polar surface area (TPSA) is 46.9 Å². The second-order valence-corrected chi connectivity index (χ2v) is 10.0. The highest BCUT2D eigenvalue weighted by Crippen LogP contribution is 2.63. The third kappa shape index (κ3) is 3.38. The third-order valence-corrected chi connectivity index (χ3v) is 6.07. The van der Waals surface area contributed by atoms with Gasteiger partial charge >= 0.3 is 0 Å². The molecule has 2 heterocycles. The smallest absolute Gasteiger partial charge is 0.226 e. The van der Waals surface area contributed by atoms with Gasteiger partial charge < -0.3 is 9.88 Å². The van der Waals surface area contributed by atoms with Crippen molar-refractivity contribution in [2.45, 2.75) is 73.3 Å². The van der Waals surface area contributed by atoms with Crippen molar-refractivity contribution in [3.8, 4) is 0 Å². The molecule has 2 aromatic heterocycles. The summed E-state index contributed by atoms with van der Waals surface area (Å²) in [6.07, 6.45) is 6.20. The molecule has 140 valence electrons. The molecule has 2 saturated carbocycles. The Morgan fingerprint density at radius 2 is 1.96 bits per heavy atom. The van der Waals surface area contributed by atoms with Crippen molar-refractivity contribution < 1.29 is 4.79 Å². The Bertz CT molecular complexity index is 860. The quantitative estimate of drug-likeness (QED) is 0.819. The van der Waals surface area contributed by atoms with Crippen LogP contribution in [-0.4, -0.2) is 15.5 Å². The molecule has 26 heavy (non-hydrogen) atoms. The fraction of sp³-hybridized carbons (Fsp3) is 0.636. The van der Waals surface area contributed by atoms with Gasteiger partial charge in [0.05, 0.1) is 11.0 Å². The lowest BCUT2D eigenvalue weighted by Crippen LogP contribution is -2.29. The van der Waals surface area contributed by atoms with Crippen LogP contribution in [0.4, 0.5) is 5.82 Å². The number of aryl methyl sites for hydroxylation is 2. The maximum absolute atomic E-state index is 12.3. The summed E-state index contributed by atoms with van der Waals surface area (Å²) in [4.78, 5) is 17.1. The fourth-order valence-electron chi connectivity index (χ4n) is 4.57. The molecule has 0 saturated heterocycles. The lowest BCUT2D eigenvalue weighted by atomic mass is 9.72.